The van der Waals surface area contributed by atoms with Crippen LogP contribution in [0.2, 0.25) is 5.02 Å². The number of hydrogen-bond acceptors (Lipinski definition) is 2. The van der Waals surface area contributed by atoms with Gasteiger partial charge in [0, 0.05) is 17.8 Å². The SMILES string of the molecule is COc1cc(F)c(Cl)cc1NC(=O)N(c1ccccc1C(C)C)C1CCCCC1. The number of methoxy groups -OCH3 is 1. The lowest BCUT2D eigenvalue weighted by atomic mass is 9.92. The van der Waals surface area contributed by atoms with E-state index in [-0.39, 0.29) is 28.8 Å². The molecular weight excluding hydrogens is 391 g/mol. The molecule has 0 bridgehead atoms. The molecule has 2 aromatic carbocycles. The van der Waals surface area contributed by atoms with E-state index >= 15 is 0 Å². The van der Waals surface area contributed by atoms with Crippen LogP contribution in [-0.2, 0) is 0 Å². The van der Waals surface area contributed by atoms with Crippen LogP contribution in [0, 0.1) is 5.82 Å². The fourth-order valence-corrected chi connectivity index (χ4v) is 4.14. The second-order valence-corrected chi connectivity index (χ2v) is 8.18. The number of rotatable bonds is 5. The van der Waals surface area contributed by atoms with E-state index in [2.05, 4.69) is 25.2 Å². The third-order valence-electron chi connectivity index (χ3n) is 5.46. The van der Waals surface area contributed by atoms with Crippen molar-refractivity contribution in [3.63, 3.8) is 0 Å². The minimum atomic E-state index is -0.587. The zero-order valence-electron chi connectivity index (χ0n) is 17.2. The van der Waals surface area contributed by atoms with Gasteiger partial charge in [0.25, 0.3) is 0 Å². The molecule has 1 aliphatic carbocycles. The lowest BCUT2D eigenvalue weighted by Crippen LogP contribution is -2.44. The fourth-order valence-electron chi connectivity index (χ4n) is 3.98. The summed E-state index contributed by atoms with van der Waals surface area (Å²) in [7, 11) is 1.44. The zero-order valence-corrected chi connectivity index (χ0v) is 17.9. The van der Waals surface area contributed by atoms with Crippen LogP contribution < -0.4 is 15.0 Å². The molecule has 1 aliphatic rings. The van der Waals surface area contributed by atoms with Gasteiger partial charge in [-0.25, -0.2) is 9.18 Å². The molecule has 0 aromatic heterocycles. The van der Waals surface area contributed by atoms with Crippen LogP contribution >= 0.6 is 11.6 Å². The number of para-hydroxylation sites is 1. The highest BCUT2D eigenvalue weighted by Crippen LogP contribution is 2.35. The van der Waals surface area contributed by atoms with E-state index in [9.17, 15) is 9.18 Å². The van der Waals surface area contributed by atoms with Crippen LogP contribution in [0.1, 0.15) is 57.4 Å². The maximum Gasteiger partial charge on any atom is 0.326 e. The predicted octanol–water partition coefficient (Wildman–Crippen LogP) is 6.98. The standard InChI is InChI=1S/C23H28ClFN2O2/c1-15(2)17-11-7-8-12-21(17)27(16-9-5-4-6-10-16)23(28)26-20-13-18(24)19(25)14-22(20)29-3/h7-8,11-16H,4-6,9-10H2,1-3H3,(H,26,28). The molecule has 1 fully saturated rings. The van der Waals surface area contributed by atoms with Gasteiger partial charge in [-0.05, 0) is 36.5 Å². The Morgan fingerprint density at radius 3 is 2.55 bits per heavy atom. The zero-order chi connectivity index (χ0) is 21.0. The summed E-state index contributed by atoms with van der Waals surface area (Å²) in [5, 5.41) is 2.84. The number of amides is 2. The number of halogens is 2. The summed E-state index contributed by atoms with van der Waals surface area (Å²) in [4.78, 5) is 15.3. The van der Waals surface area contributed by atoms with Gasteiger partial charge in [0.1, 0.15) is 11.6 Å². The van der Waals surface area contributed by atoms with Crippen molar-refractivity contribution < 1.29 is 13.9 Å². The molecule has 1 N–H and O–H groups in total. The molecule has 0 aliphatic heterocycles. The number of benzene rings is 2. The Balaban J connectivity index is 1.99. The molecule has 6 heteroatoms. The van der Waals surface area contributed by atoms with Crippen molar-refractivity contribution in [3.8, 4) is 5.75 Å². The van der Waals surface area contributed by atoms with Crippen LogP contribution in [0.5, 0.6) is 5.75 Å². The normalized spacial score (nSPS) is 14.7. The number of nitrogens with one attached hydrogen (secondary N) is 1. The van der Waals surface area contributed by atoms with Gasteiger partial charge >= 0.3 is 6.03 Å². The molecule has 0 spiro atoms. The van der Waals surface area contributed by atoms with Crippen molar-refractivity contribution in [1.82, 2.24) is 0 Å². The summed E-state index contributed by atoms with van der Waals surface area (Å²) in [6.07, 6.45) is 5.31. The first-order valence-corrected chi connectivity index (χ1v) is 10.5. The van der Waals surface area contributed by atoms with Crippen molar-refractivity contribution >= 4 is 29.0 Å². The second kappa shape index (κ2) is 9.49. The second-order valence-electron chi connectivity index (χ2n) is 7.77. The molecule has 2 amide bonds. The minimum absolute atomic E-state index is 0.0621. The van der Waals surface area contributed by atoms with E-state index in [0.29, 0.717) is 5.69 Å². The molecule has 2 aromatic rings. The lowest BCUT2D eigenvalue weighted by Gasteiger charge is -2.36. The van der Waals surface area contributed by atoms with Gasteiger partial charge in [-0.15, -0.1) is 0 Å². The Labute approximate surface area is 177 Å². The van der Waals surface area contributed by atoms with Gasteiger partial charge in [0.2, 0.25) is 0 Å². The molecule has 0 heterocycles. The van der Waals surface area contributed by atoms with Gasteiger partial charge in [0.05, 0.1) is 17.8 Å². The lowest BCUT2D eigenvalue weighted by molar-refractivity contribution is 0.252. The largest absolute Gasteiger partial charge is 0.494 e. The first kappa shape index (κ1) is 21.4. The highest BCUT2D eigenvalue weighted by Gasteiger charge is 2.29. The number of carbonyl (C=O) groups excluding carboxylic acids is 1. The Morgan fingerprint density at radius 2 is 1.90 bits per heavy atom. The van der Waals surface area contributed by atoms with Crippen molar-refractivity contribution in [1.29, 1.82) is 0 Å². The summed E-state index contributed by atoms with van der Waals surface area (Å²) in [6, 6.07) is 10.5. The summed E-state index contributed by atoms with van der Waals surface area (Å²) < 4.78 is 19.0. The number of ether oxygens (including phenoxy) is 1. The predicted molar refractivity (Wildman–Crippen MR) is 117 cm³/mol. The van der Waals surface area contributed by atoms with Gasteiger partial charge in [-0.1, -0.05) is 62.9 Å². The van der Waals surface area contributed by atoms with Crippen molar-refractivity contribution in [3.05, 3.63) is 52.8 Å². The molecule has 0 unspecified atom stereocenters. The molecule has 0 saturated heterocycles. The number of carbonyl (C=O) groups is 1. The molecule has 4 nitrogen and oxygen atoms in total. The molecule has 156 valence electrons. The number of hydrogen-bond donors (Lipinski definition) is 1. The first-order valence-electron chi connectivity index (χ1n) is 10.1. The fraction of sp³-hybridized carbons (Fsp3) is 0.435. The van der Waals surface area contributed by atoms with Crippen LogP contribution in [0.4, 0.5) is 20.6 Å². The molecule has 29 heavy (non-hydrogen) atoms. The Kier molecular flexibility index (Phi) is 7.01. The highest BCUT2D eigenvalue weighted by atomic mass is 35.5. The third kappa shape index (κ3) is 4.84. The van der Waals surface area contributed by atoms with Crippen molar-refractivity contribution in [2.24, 2.45) is 0 Å². The van der Waals surface area contributed by atoms with Gasteiger partial charge in [-0.3, -0.25) is 4.90 Å². The van der Waals surface area contributed by atoms with Crippen molar-refractivity contribution in [2.45, 2.75) is 57.9 Å². The summed E-state index contributed by atoms with van der Waals surface area (Å²) in [6.45, 7) is 4.25. The average Bonchev–Trinajstić information content (AvgIpc) is 2.71. The first-order chi connectivity index (χ1) is 13.9. The topological polar surface area (TPSA) is 41.6 Å². The van der Waals surface area contributed by atoms with Crippen LogP contribution in [0.25, 0.3) is 0 Å². The van der Waals surface area contributed by atoms with Gasteiger partial charge < -0.3 is 10.1 Å². The molecule has 1 saturated carbocycles. The maximum atomic E-state index is 13.8. The van der Waals surface area contributed by atoms with Crippen LogP contribution in [0.15, 0.2) is 36.4 Å². The molecule has 3 rings (SSSR count). The third-order valence-corrected chi connectivity index (χ3v) is 5.75. The number of anilines is 2. The minimum Gasteiger partial charge on any atom is -0.494 e. The smallest absolute Gasteiger partial charge is 0.326 e. The van der Waals surface area contributed by atoms with E-state index in [1.807, 2.05) is 23.1 Å². The Hall–Kier alpha value is -2.27. The van der Waals surface area contributed by atoms with E-state index < -0.39 is 5.82 Å². The monoisotopic (exact) mass is 418 g/mol. The summed E-state index contributed by atoms with van der Waals surface area (Å²) in [5.41, 5.74) is 2.39. The molecule has 0 radical (unpaired) electrons. The Bertz CT molecular complexity index is 866. The van der Waals surface area contributed by atoms with E-state index in [0.717, 1.165) is 36.9 Å². The number of nitrogens with zero attached hydrogens (tertiary/aromatic N) is 1. The Morgan fingerprint density at radius 1 is 1.21 bits per heavy atom. The van der Waals surface area contributed by atoms with Crippen LogP contribution in [0.3, 0.4) is 0 Å². The van der Waals surface area contributed by atoms with E-state index in [1.54, 1.807) is 0 Å². The average molecular weight is 419 g/mol. The van der Waals surface area contributed by atoms with Crippen molar-refractivity contribution in [2.75, 3.05) is 17.3 Å². The van der Waals surface area contributed by atoms with Crippen LogP contribution in [-0.4, -0.2) is 19.2 Å². The van der Waals surface area contributed by atoms with Gasteiger partial charge in [-0.2, -0.15) is 0 Å². The maximum absolute atomic E-state index is 13.8. The van der Waals surface area contributed by atoms with E-state index in [4.69, 9.17) is 16.3 Å². The van der Waals surface area contributed by atoms with E-state index in [1.165, 1.54) is 25.7 Å². The summed E-state index contributed by atoms with van der Waals surface area (Å²) >= 11 is 5.94. The summed E-state index contributed by atoms with van der Waals surface area (Å²) in [5.74, 6) is -0.0725. The quantitative estimate of drug-likeness (QED) is 0.568. The van der Waals surface area contributed by atoms with Gasteiger partial charge in [0.15, 0.2) is 0 Å². The number of urea groups is 1. The molecular formula is C23H28ClFN2O2. The highest BCUT2D eigenvalue weighted by molar-refractivity contribution is 6.31. The molecule has 0 atom stereocenters.